The number of hydrogen-bond acceptors (Lipinski definition) is 5. The van der Waals surface area contributed by atoms with Gasteiger partial charge in [-0.2, -0.15) is 0 Å². The summed E-state index contributed by atoms with van der Waals surface area (Å²) in [6, 6.07) is 23.0. The SMILES string of the molecule is CC(C)(C)C1OC2(CCN(C(=O)O)CC2)Oc2ccc(-c3cccc(OCC(=O)Nc4ccccc4)c3)cc21. The Labute approximate surface area is 228 Å². The number of nitrogens with one attached hydrogen (secondary N) is 1. The monoisotopic (exact) mass is 530 g/mol. The molecule has 1 atom stereocenters. The molecule has 1 spiro atoms. The number of fused-ring (bicyclic) bond motifs is 1. The summed E-state index contributed by atoms with van der Waals surface area (Å²) < 4.78 is 18.9. The van der Waals surface area contributed by atoms with Gasteiger partial charge in [0, 0.05) is 37.2 Å². The van der Waals surface area contributed by atoms with Crippen LogP contribution in [0.4, 0.5) is 10.5 Å². The Kier molecular flexibility index (Phi) is 7.23. The zero-order valence-corrected chi connectivity index (χ0v) is 22.5. The highest BCUT2D eigenvalue weighted by Gasteiger charge is 2.48. The molecule has 0 bridgehead atoms. The van der Waals surface area contributed by atoms with E-state index in [1.807, 2.05) is 66.7 Å². The predicted octanol–water partition coefficient (Wildman–Crippen LogP) is 6.34. The van der Waals surface area contributed by atoms with Crippen LogP contribution in [0, 0.1) is 5.41 Å². The van der Waals surface area contributed by atoms with Gasteiger partial charge < -0.3 is 29.5 Å². The second kappa shape index (κ2) is 10.6. The zero-order chi connectivity index (χ0) is 27.6. The average Bonchev–Trinajstić information content (AvgIpc) is 2.92. The number of carboxylic acid groups (broad SMARTS) is 1. The summed E-state index contributed by atoms with van der Waals surface area (Å²) in [7, 11) is 0. The van der Waals surface area contributed by atoms with Crippen molar-refractivity contribution in [2.75, 3.05) is 25.0 Å². The first kappa shape index (κ1) is 26.6. The molecule has 39 heavy (non-hydrogen) atoms. The molecule has 2 amide bonds. The third-order valence-electron chi connectivity index (χ3n) is 7.10. The molecule has 2 aliphatic rings. The van der Waals surface area contributed by atoms with Crippen LogP contribution in [0.25, 0.3) is 11.1 Å². The number of carbonyl (C=O) groups is 2. The van der Waals surface area contributed by atoms with E-state index in [0.29, 0.717) is 31.7 Å². The quantitative estimate of drug-likeness (QED) is 0.400. The number of rotatable bonds is 5. The fourth-order valence-corrected chi connectivity index (χ4v) is 5.06. The van der Waals surface area contributed by atoms with Crippen molar-refractivity contribution in [3.05, 3.63) is 78.4 Å². The summed E-state index contributed by atoms with van der Waals surface area (Å²) in [6.45, 7) is 7.04. The third kappa shape index (κ3) is 6.01. The number of amides is 2. The molecule has 0 saturated carbocycles. The highest BCUT2D eigenvalue weighted by atomic mass is 16.7. The van der Waals surface area contributed by atoms with Crippen LogP contribution in [0.5, 0.6) is 11.5 Å². The molecular weight excluding hydrogens is 496 g/mol. The Balaban J connectivity index is 1.34. The van der Waals surface area contributed by atoms with Crippen LogP contribution in [0.1, 0.15) is 45.3 Å². The van der Waals surface area contributed by atoms with Gasteiger partial charge in [0.05, 0.1) is 6.10 Å². The average molecular weight is 531 g/mol. The molecule has 3 aromatic carbocycles. The number of carbonyl (C=O) groups excluding carboxylic acids is 1. The van der Waals surface area contributed by atoms with Gasteiger partial charge in [-0.3, -0.25) is 4.79 Å². The van der Waals surface area contributed by atoms with E-state index in [1.54, 1.807) is 0 Å². The lowest BCUT2D eigenvalue weighted by molar-refractivity contribution is -0.266. The van der Waals surface area contributed by atoms with E-state index in [-0.39, 0.29) is 24.0 Å². The normalized spacial score (nSPS) is 18.1. The lowest BCUT2D eigenvalue weighted by Gasteiger charge is -2.49. The fraction of sp³-hybridized carbons (Fsp3) is 0.355. The molecule has 0 aromatic heterocycles. The standard InChI is InChI=1S/C31H34N2O6/c1-30(2,3)28-25-19-22(12-13-26(25)38-31(39-28)14-16-33(17-15-31)29(35)36)21-8-7-11-24(18-21)37-20-27(34)32-23-9-5-4-6-10-23/h4-13,18-19,28H,14-17,20H2,1-3H3,(H,32,34)(H,35,36). The molecule has 8 nitrogen and oxygen atoms in total. The number of likely N-dealkylation sites (tertiary alicyclic amines) is 1. The van der Waals surface area contributed by atoms with Gasteiger partial charge in [0.1, 0.15) is 11.5 Å². The molecule has 2 N–H and O–H groups in total. The Morgan fingerprint density at radius 1 is 1.00 bits per heavy atom. The largest absolute Gasteiger partial charge is 0.484 e. The third-order valence-corrected chi connectivity index (χ3v) is 7.10. The van der Waals surface area contributed by atoms with Crippen molar-refractivity contribution in [2.24, 2.45) is 5.41 Å². The molecule has 1 fully saturated rings. The number of anilines is 1. The highest BCUT2D eigenvalue weighted by Crippen LogP contribution is 2.50. The number of nitrogens with zero attached hydrogens (tertiary/aromatic N) is 1. The molecule has 1 unspecified atom stereocenters. The summed E-state index contributed by atoms with van der Waals surface area (Å²) in [4.78, 5) is 25.1. The van der Waals surface area contributed by atoms with Gasteiger partial charge in [-0.25, -0.2) is 4.79 Å². The number of hydrogen-bond donors (Lipinski definition) is 2. The minimum absolute atomic E-state index is 0.0995. The number of piperidine rings is 1. The molecule has 2 heterocycles. The molecule has 3 aromatic rings. The van der Waals surface area contributed by atoms with Crippen LogP contribution in [0.3, 0.4) is 0 Å². The summed E-state index contributed by atoms with van der Waals surface area (Å²) in [5.41, 5.74) is 3.39. The Bertz CT molecular complexity index is 1340. The van der Waals surface area contributed by atoms with Gasteiger partial charge in [0.25, 0.3) is 5.91 Å². The van der Waals surface area contributed by atoms with E-state index in [1.165, 1.54) is 4.90 Å². The van der Waals surface area contributed by atoms with E-state index in [9.17, 15) is 14.7 Å². The van der Waals surface area contributed by atoms with Crippen molar-refractivity contribution in [2.45, 2.75) is 45.5 Å². The maximum Gasteiger partial charge on any atom is 0.407 e. The van der Waals surface area contributed by atoms with Gasteiger partial charge in [-0.15, -0.1) is 0 Å². The molecule has 1 saturated heterocycles. The predicted molar refractivity (Wildman–Crippen MR) is 148 cm³/mol. The topological polar surface area (TPSA) is 97.3 Å². The smallest absolute Gasteiger partial charge is 0.407 e. The van der Waals surface area contributed by atoms with Crippen LogP contribution in [0.2, 0.25) is 0 Å². The Hall–Kier alpha value is -4.04. The van der Waals surface area contributed by atoms with Gasteiger partial charge in [-0.05, 0) is 52.9 Å². The molecule has 204 valence electrons. The van der Waals surface area contributed by atoms with Crippen molar-refractivity contribution in [1.29, 1.82) is 0 Å². The second-order valence-corrected chi connectivity index (χ2v) is 11.1. The van der Waals surface area contributed by atoms with Gasteiger partial charge in [0.15, 0.2) is 6.61 Å². The van der Waals surface area contributed by atoms with Crippen molar-refractivity contribution < 1.29 is 28.9 Å². The van der Waals surface area contributed by atoms with Crippen molar-refractivity contribution >= 4 is 17.7 Å². The minimum atomic E-state index is -0.916. The van der Waals surface area contributed by atoms with E-state index >= 15 is 0 Å². The first-order chi connectivity index (χ1) is 18.6. The lowest BCUT2D eigenvalue weighted by Crippen LogP contribution is -2.54. The Morgan fingerprint density at radius 3 is 2.41 bits per heavy atom. The van der Waals surface area contributed by atoms with Crippen LogP contribution in [-0.4, -0.2) is 47.5 Å². The summed E-state index contributed by atoms with van der Waals surface area (Å²) in [5, 5.41) is 12.2. The van der Waals surface area contributed by atoms with Gasteiger partial charge in [-0.1, -0.05) is 57.2 Å². The first-order valence-electron chi connectivity index (χ1n) is 13.2. The van der Waals surface area contributed by atoms with Crippen molar-refractivity contribution in [3.63, 3.8) is 0 Å². The van der Waals surface area contributed by atoms with Crippen molar-refractivity contribution in [3.8, 4) is 22.6 Å². The number of benzene rings is 3. The molecule has 0 aliphatic carbocycles. The van der Waals surface area contributed by atoms with Crippen LogP contribution in [-0.2, 0) is 9.53 Å². The van der Waals surface area contributed by atoms with E-state index in [4.69, 9.17) is 14.2 Å². The number of para-hydroxylation sites is 1. The first-order valence-corrected chi connectivity index (χ1v) is 13.2. The lowest BCUT2D eigenvalue weighted by atomic mass is 9.82. The summed E-state index contributed by atoms with van der Waals surface area (Å²) in [6.07, 6.45) is -0.200. The van der Waals surface area contributed by atoms with Crippen LogP contribution >= 0.6 is 0 Å². The maximum absolute atomic E-state index is 12.3. The molecular formula is C31H34N2O6. The van der Waals surface area contributed by atoms with E-state index in [0.717, 1.165) is 28.1 Å². The number of ether oxygens (including phenoxy) is 3. The second-order valence-electron chi connectivity index (χ2n) is 11.1. The minimum Gasteiger partial charge on any atom is -0.484 e. The van der Waals surface area contributed by atoms with E-state index < -0.39 is 11.9 Å². The van der Waals surface area contributed by atoms with Gasteiger partial charge in [0.2, 0.25) is 5.79 Å². The zero-order valence-electron chi connectivity index (χ0n) is 22.5. The summed E-state index contributed by atoms with van der Waals surface area (Å²) >= 11 is 0. The fourth-order valence-electron chi connectivity index (χ4n) is 5.06. The van der Waals surface area contributed by atoms with Gasteiger partial charge >= 0.3 is 6.09 Å². The summed E-state index contributed by atoms with van der Waals surface area (Å²) in [5.74, 6) is 0.286. The Morgan fingerprint density at radius 2 is 1.72 bits per heavy atom. The molecule has 2 aliphatic heterocycles. The molecule has 8 heteroatoms. The van der Waals surface area contributed by atoms with E-state index in [2.05, 4.69) is 32.2 Å². The molecule has 0 radical (unpaired) electrons. The van der Waals surface area contributed by atoms with Crippen molar-refractivity contribution in [1.82, 2.24) is 4.90 Å². The van der Waals surface area contributed by atoms with Crippen LogP contribution in [0.15, 0.2) is 72.8 Å². The highest BCUT2D eigenvalue weighted by molar-refractivity contribution is 5.91. The van der Waals surface area contributed by atoms with Crippen LogP contribution < -0.4 is 14.8 Å². The molecule has 5 rings (SSSR count). The maximum atomic E-state index is 12.3.